The fraction of sp³-hybridized carbons (Fsp3) is 0.333. The molecule has 3 heteroatoms. The van der Waals surface area contributed by atoms with Crippen molar-refractivity contribution in [3.05, 3.63) is 34.9 Å². The van der Waals surface area contributed by atoms with E-state index in [0.29, 0.717) is 0 Å². The van der Waals surface area contributed by atoms with Crippen LogP contribution in [0.4, 0.5) is 0 Å². The molecule has 68 valence electrons. The molecule has 0 amide bonds. The molecule has 0 aliphatic heterocycles. The maximum Gasteiger partial charge on any atom is 0.0624 e. The van der Waals surface area contributed by atoms with Gasteiger partial charge in [-0.2, -0.15) is 0 Å². The van der Waals surface area contributed by atoms with Crippen molar-refractivity contribution in [3.8, 4) is 0 Å². The molecule has 0 saturated carbocycles. The van der Waals surface area contributed by atoms with Crippen LogP contribution in [0.15, 0.2) is 34.9 Å². The van der Waals surface area contributed by atoms with Crippen LogP contribution < -0.4 is 5.73 Å². The molecule has 0 rings (SSSR count). The Morgan fingerprint density at radius 2 is 2.25 bits per heavy atom. The molecule has 0 aromatic heterocycles. The zero-order valence-electron chi connectivity index (χ0n) is 7.13. The van der Waals surface area contributed by atoms with Gasteiger partial charge in [0.05, 0.1) is 12.6 Å². The molecule has 0 saturated heterocycles. The average Bonchev–Trinajstić information content (AvgIpc) is 2.04. The van der Waals surface area contributed by atoms with Gasteiger partial charge in [0, 0.05) is 4.48 Å². The van der Waals surface area contributed by atoms with Crippen LogP contribution in [-0.4, -0.2) is 17.8 Å². The summed E-state index contributed by atoms with van der Waals surface area (Å²) in [6.07, 6.45) is 5.50. The molecular weight excluding hydrogens is 218 g/mol. The van der Waals surface area contributed by atoms with Crippen LogP contribution in [0.5, 0.6) is 0 Å². The molecule has 0 aliphatic rings. The summed E-state index contributed by atoms with van der Waals surface area (Å²) in [7, 11) is 0. The van der Waals surface area contributed by atoms with Crippen LogP contribution in [0, 0.1) is 0 Å². The number of hydrogen-bond donors (Lipinski definition) is 2. The zero-order valence-corrected chi connectivity index (χ0v) is 8.71. The molecule has 0 aromatic rings. The smallest absolute Gasteiger partial charge is 0.0624 e. The van der Waals surface area contributed by atoms with E-state index in [-0.39, 0.29) is 12.6 Å². The minimum atomic E-state index is -0.307. The summed E-state index contributed by atoms with van der Waals surface area (Å²) >= 11 is 3.19. The minimum Gasteiger partial charge on any atom is -0.394 e. The predicted molar refractivity (Wildman–Crippen MR) is 56.0 cm³/mol. The van der Waals surface area contributed by atoms with Crippen molar-refractivity contribution < 1.29 is 5.11 Å². The number of aliphatic hydroxyl groups excluding tert-OH is 1. The van der Waals surface area contributed by atoms with Gasteiger partial charge in [0.1, 0.15) is 0 Å². The summed E-state index contributed by atoms with van der Waals surface area (Å²) in [5.41, 5.74) is 6.50. The van der Waals surface area contributed by atoms with Gasteiger partial charge in [-0.15, -0.1) is 0 Å². The normalized spacial score (nSPS) is 15.2. The molecule has 0 fully saturated rings. The Morgan fingerprint density at radius 1 is 1.67 bits per heavy atom. The van der Waals surface area contributed by atoms with Gasteiger partial charge in [-0.25, -0.2) is 0 Å². The lowest BCUT2D eigenvalue weighted by molar-refractivity contribution is 0.281. The summed E-state index contributed by atoms with van der Waals surface area (Å²) in [5.74, 6) is 0. The van der Waals surface area contributed by atoms with E-state index in [9.17, 15) is 0 Å². The lowest BCUT2D eigenvalue weighted by Crippen LogP contribution is -2.25. The Labute approximate surface area is 81.6 Å². The third kappa shape index (κ3) is 4.49. The molecule has 1 atom stereocenters. The molecular formula is C9H14BrNO. The van der Waals surface area contributed by atoms with Crippen LogP contribution in [0.1, 0.15) is 6.92 Å². The second-order valence-corrected chi connectivity index (χ2v) is 3.38. The monoisotopic (exact) mass is 231 g/mol. The van der Waals surface area contributed by atoms with Crippen LogP contribution >= 0.6 is 15.9 Å². The highest BCUT2D eigenvalue weighted by Crippen LogP contribution is 2.07. The Bertz CT molecular complexity index is 209. The number of nitrogens with two attached hydrogens (primary N) is 1. The fourth-order valence-corrected chi connectivity index (χ4v) is 0.858. The van der Waals surface area contributed by atoms with Gasteiger partial charge in [-0.3, -0.25) is 0 Å². The van der Waals surface area contributed by atoms with Gasteiger partial charge >= 0.3 is 0 Å². The lowest BCUT2D eigenvalue weighted by atomic mass is 10.1. The first kappa shape index (κ1) is 11.6. The van der Waals surface area contributed by atoms with E-state index in [0.717, 1.165) is 10.1 Å². The molecule has 2 nitrogen and oxygen atoms in total. The summed E-state index contributed by atoms with van der Waals surface area (Å²) in [4.78, 5) is 0. The van der Waals surface area contributed by atoms with Crippen molar-refractivity contribution in [2.45, 2.75) is 13.0 Å². The van der Waals surface area contributed by atoms with Crippen molar-refractivity contribution >= 4 is 15.9 Å². The molecule has 0 bridgehead atoms. The molecule has 0 spiro atoms. The van der Waals surface area contributed by atoms with Gasteiger partial charge in [-0.05, 0) is 18.6 Å². The quantitative estimate of drug-likeness (QED) is 0.725. The standard InChI is InChI=1S/C9H14BrNO/c1-3-8(9(11)6-12)5-4-7(2)10/h3-5,9,12H,2,6,11H2,1H3/b5-4-,8-3?/t9-/m0/s1. The number of rotatable bonds is 4. The van der Waals surface area contributed by atoms with Crippen LogP contribution in [0.25, 0.3) is 0 Å². The maximum absolute atomic E-state index is 8.77. The number of aliphatic hydroxyl groups is 1. The van der Waals surface area contributed by atoms with E-state index >= 15 is 0 Å². The van der Waals surface area contributed by atoms with Crippen molar-refractivity contribution in [2.75, 3.05) is 6.61 Å². The van der Waals surface area contributed by atoms with Crippen LogP contribution in [-0.2, 0) is 0 Å². The van der Waals surface area contributed by atoms with E-state index in [1.807, 2.05) is 19.1 Å². The molecule has 12 heavy (non-hydrogen) atoms. The first-order chi connectivity index (χ1) is 5.61. The Kier molecular flexibility index (Phi) is 5.98. The first-order valence-corrected chi connectivity index (χ1v) is 4.46. The summed E-state index contributed by atoms with van der Waals surface area (Å²) < 4.78 is 0.784. The minimum absolute atomic E-state index is 0.0429. The van der Waals surface area contributed by atoms with Crippen molar-refractivity contribution in [1.29, 1.82) is 0 Å². The molecule has 0 aromatic carbocycles. The van der Waals surface area contributed by atoms with Crippen molar-refractivity contribution in [3.63, 3.8) is 0 Å². The van der Waals surface area contributed by atoms with Crippen LogP contribution in [0.2, 0.25) is 0 Å². The SMILES string of the molecule is C=C(Br)/C=C\C(=CC)[C@@H](N)CO. The molecule has 0 unspecified atom stereocenters. The average molecular weight is 232 g/mol. The number of halogens is 1. The lowest BCUT2D eigenvalue weighted by Gasteiger charge is -2.08. The highest BCUT2D eigenvalue weighted by molar-refractivity contribution is 9.11. The zero-order chi connectivity index (χ0) is 9.56. The summed E-state index contributed by atoms with van der Waals surface area (Å²) in [6, 6.07) is -0.307. The Balaban J connectivity index is 4.29. The van der Waals surface area contributed by atoms with Gasteiger partial charge in [0.25, 0.3) is 0 Å². The summed E-state index contributed by atoms with van der Waals surface area (Å²) in [6.45, 7) is 5.48. The van der Waals surface area contributed by atoms with Gasteiger partial charge in [0.15, 0.2) is 0 Å². The van der Waals surface area contributed by atoms with Gasteiger partial charge in [0.2, 0.25) is 0 Å². The van der Waals surface area contributed by atoms with E-state index < -0.39 is 0 Å². The molecule has 0 heterocycles. The maximum atomic E-state index is 8.77. The van der Waals surface area contributed by atoms with Gasteiger partial charge in [-0.1, -0.05) is 34.7 Å². The van der Waals surface area contributed by atoms with E-state index in [2.05, 4.69) is 22.5 Å². The van der Waals surface area contributed by atoms with Crippen molar-refractivity contribution in [1.82, 2.24) is 0 Å². The number of hydrogen-bond acceptors (Lipinski definition) is 2. The predicted octanol–water partition coefficient (Wildman–Crippen LogP) is 1.72. The fourth-order valence-electron chi connectivity index (χ4n) is 0.726. The van der Waals surface area contributed by atoms with E-state index in [1.54, 1.807) is 6.08 Å². The molecule has 3 N–H and O–H groups in total. The largest absolute Gasteiger partial charge is 0.394 e. The molecule has 0 radical (unpaired) electrons. The topological polar surface area (TPSA) is 46.2 Å². The summed E-state index contributed by atoms with van der Waals surface area (Å²) in [5, 5.41) is 8.77. The highest BCUT2D eigenvalue weighted by Gasteiger charge is 2.02. The third-order valence-corrected chi connectivity index (χ3v) is 1.68. The third-order valence-electron chi connectivity index (χ3n) is 1.41. The second kappa shape index (κ2) is 6.17. The highest BCUT2D eigenvalue weighted by atomic mass is 79.9. The Morgan fingerprint density at radius 3 is 2.58 bits per heavy atom. The number of allylic oxidation sites excluding steroid dienone is 3. The Hall–Kier alpha value is -0.380. The van der Waals surface area contributed by atoms with E-state index in [1.165, 1.54) is 0 Å². The van der Waals surface area contributed by atoms with Crippen molar-refractivity contribution in [2.24, 2.45) is 5.73 Å². The first-order valence-electron chi connectivity index (χ1n) is 3.67. The van der Waals surface area contributed by atoms with E-state index in [4.69, 9.17) is 10.8 Å². The molecule has 0 aliphatic carbocycles. The van der Waals surface area contributed by atoms with Crippen LogP contribution in [0.3, 0.4) is 0 Å². The second-order valence-electron chi connectivity index (χ2n) is 2.36. The van der Waals surface area contributed by atoms with Gasteiger partial charge < -0.3 is 10.8 Å².